The lowest BCUT2D eigenvalue weighted by Gasteiger charge is -2.30. The molecule has 0 unspecified atom stereocenters. The number of hydrogen-bond donors (Lipinski definition) is 1. The quantitative estimate of drug-likeness (QED) is 0.857. The number of halogens is 3. The summed E-state index contributed by atoms with van der Waals surface area (Å²) in [4.78, 5) is 26.8. The molecule has 0 aromatic heterocycles. The molecule has 1 aliphatic carbocycles. The molecular weight excluding hydrogens is 321 g/mol. The fourth-order valence-electron chi connectivity index (χ4n) is 3.09. The first-order valence-corrected chi connectivity index (χ1v) is 8.11. The molecule has 1 aromatic rings. The molecule has 1 heterocycles. The summed E-state index contributed by atoms with van der Waals surface area (Å²) in [5.74, 6) is -0.691. The lowest BCUT2D eigenvalue weighted by atomic mass is 10.0. The van der Waals surface area contributed by atoms with Crippen LogP contribution < -0.4 is 5.32 Å². The predicted octanol–water partition coefficient (Wildman–Crippen LogP) is 3.44. The number of carbonyl (C=O) groups excluding carboxylic acids is 2. The van der Waals surface area contributed by atoms with E-state index in [0.29, 0.717) is 25.9 Å². The van der Waals surface area contributed by atoms with Crippen molar-refractivity contribution in [3.05, 3.63) is 29.8 Å². The highest BCUT2D eigenvalue weighted by molar-refractivity contribution is 6.13. The summed E-state index contributed by atoms with van der Waals surface area (Å²) in [6.07, 6.45) is -0.636. The van der Waals surface area contributed by atoms with Crippen LogP contribution in [0.1, 0.15) is 37.7 Å². The Kier molecular flexibility index (Phi) is 4.27. The molecule has 1 saturated carbocycles. The van der Waals surface area contributed by atoms with Gasteiger partial charge in [-0.3, -0.25) is 9.59 Å². The van der Waals surface area contributed by atoms with Gasteiger partial charge in [-0.05, 0) is 50.3 Å². The van der Waals surface area contributed by atoms with Crippen molar-refractivity contribution in [2.75, 3.05) is 18.4 Å². The summed E-state index contributed by atoms with van der Waals surface area (Å²) < 4.78 is 38.2. The Morgan fingerprint density at radius 3 is 2.33 bits per heavy atom. The summed E-state index contributed by atoms with van der Waals surface area (Å²) in [6, 6.07) is 4.47. The summed E-state index contributed by atoms with van der Waals surface area (Å²) in [5, 5.41) is 2.49. The van der Waals surface area contributed by atoms with Crippen molar-refractivity contribution in [3.8, 4) is 0 Å². The molecule has 130 valence electrons. The van der Waals surface area contributed by atoms with Crippen LogP contribution in [-0.2, 0) is 15.8 Å². The van der Waals surface area contributed by atoms with E-state index in [4.69, 9.17) is 0 Å². The number of nitrogens with zero attached hydrogens (tertiary/aromatic N) is 1. The van der Waals surface area contributed by atoms with E-state index in [-0.39, 0.29) is 11.6 Å². The second-order valence-electron chi connectivity index (χ2n) is 6.47. The van der Waals surface area contributed by atoms with Crippen LogP contribution in [0.25, 0.3) is 0 Å². The molecule has 3 rings (SSSR count). The van der Waals surface area contributed by atoms with Crippen LogP contribution in [0.3, 0.4) is 0 Å². The van der Waals surface area contributed by atoms with Crippen molar-refractivity contribution in [1.82, 2.24) is 4.90 Å². The van der Waals surface area contributed by atoms with Gasteiger partial charge >= 0.3 is 6.18 Å². The van der Waals surface area contributed by atoms with Crippen molar-refractivity contribution >= 4 is 17.5 Å². The minimum atomic E-state index is -4.47. The van der Waals surface area contributed by atoms with Gasteiger partial charge in [-0.15, -0.1) is 0 Å². The van der Waals surface area contributed by atoms with E-state index >= 15 is 0 Å². The lowest BCUT2D eigenvalue weighted by molar-refractivity contribution is -0.143. The molecule has 0 spiro atoms. The number of anilines is 1. The van der Waals surface area contributed by atoms with Crippen LogP contribution in [-0.4, -0.2) is 29.8 Å². The molecule has 1 aliphatic heterocycles. The summed E-state index contributed by atoms with van der Waals surface area (Å²) >= 11 is 0. The molecule has 0 atom stereocenters. The highest BCUT2D eigenvalue weighted by Crippen LogP contribution is 2.48. The van der Waals surface area contributed by atoms with Crippen LogP contribution in [0.5, 0.6) is 0 Å². The van der Waals surface area contributed by atoms with Crippen LogP contribution in [0.15, 0.2) is 24.3 Å². The second kappa shape index (κ2) is 6.11. The average molecular weight is 340 g/mol. The van der Waals surface area contributed by atoms with Crippen LogP contribution in [0.2, 0.25) is 0 Å². The van der Waals surface area contributed by atoms with Gasteiger partial charge in [-0.2, -0.15) is 13.2 Å². The van der Waals surface area contributed by atoms with E-state index in [9.17, 15) is 22.8 Å². The average Bonchev–Trinajstić information content (AvgIpc) is 3.36. The zero-order valence-electron chi connectivity index (χ0n) is 13.2. The molecule has 7 heteroatoms. The smallest absolute Gasteiger partial charge is 0.342 e. The Morgan fingerprint density at radius 1 is 1.08 bits per heavy atom. The molecule has 1 N–H and O–H groups in total. The fourth-order valence-corrected chi connectivity index (χ4v) is 3.09. The highest BCUT2D eigenvalue weighted by atomic mass is 19.4. The molecule has 24 heavy (non-hydrogen) atoms. The van der Waals surface area contributed by atoms with Gasteiger partial charge in [-0.25, -0.2) is 0 Å². The molecule has 2 fully saturated rings. The Balaban J connectivity index is 1.71. The minimum absolute atomic E-state index is 0.0625. The van der Waals surface area contributed by atoms with Gasteiger partial charge in [0.25, 0.3) is 0 Å². The van der Waals surface area contributed by atoms with Gasteiger partial charge in [0, 0.05) is 18.8 Å². The molecule has 2 aliphatic rings. The molecule has 1 saturated heterocycles. The van der Waals surface area contributed by atoms with E-state index < -0.39 is 23.1 Å². The summed E-state index contributed by atoms with van der Waals surface area (Å²) in [6.45, 7) is 1.30. The third kappa shape index (κ3) is 3.25. The fraction of sp³-hybridized carbons (Fsp3) is 0.529. The maximum absolute atomic E-state index is 12.7. The Bertz CT molecular complexity index is 647. The summed E-state index contributed by atoms with van der Waals surface area (Å²) in [5.41, 5.74) is -1.86. The third-order valence-electron chi connectivity index (χ3n) is 4.69. The SMILES string of the molecule is O=C(Nc1cccc(C(F)(F)F)c1)C1(C(=O)N2CCCCC2)CC1. The molecule has 0 radical (unpaired) electrons. The van der Waals surface area contributed by atoms with Crippen molar-refractivity contribution in [2.45, 2.75) is 38.3 Å². The number of hydrogen-bond acceptors (Lipinski definition) is 2. The standard InChI is InChI=1S/C17H19F3N2O2/c18-17(19,20)12-5-4-6-13(11-12)21-14(23)16(7-8-16)15(24)22-9-2-1-3-10-22/h4-6,11H,1-3,7-10H2,(H,21,23). The van der Waals surface area contributed by atoms with E-state index in [2.05, 4.69) is 5.32 Å². The van der Waals surface area contributed by atoms with Gasteiger partial charge in [0.2, 0.25) is 11.8 Å². The number of benzene rings is 1. The Labute approximate surface area is 138 Å². The van der Waals surface area contributed by atoms with Gasteiger partial charge in [0.05, 0.1) is 5.56 Å². The first-order valence-electron chi connectivity index (χ1n) is 8.11. The highest BCUT2D eigenvalue weighted by Gasteiger charge is 2.58. The lowest BCUT2D eigenvalue weighted by Crippen LogP contribution is -2.45. The van der Waals surface area contributed by atoms with Crippen molar-refractivity contribution in [1.29, 1.82) is 0 Å². The maximum Gasteiger partial charge on any atom is 0.416 e. The Hall–Kier alpha value is -2.05. The zero-order valence-corrected chi connectivity index (χ0v) is 13.2. The molecule has 2 amide bonds. The van der Waals surface area contributed by atoms with Gasteiger partial charge in [0.1, 0.15) is 5.41 Å². The van der Waals surface area contributed by atoms with E-state index in [1.807, 2.05) is 0 Å². The molecule has 0 bridgehead atoms. The van der Waals surface area contributed by atoms with E-state index in [1.54, 1.807) is 4.90 Å². The molecular formula is C17H19F3N2O2. The number of carbonyl (C=O) groups is 2. The van der Waals surface area contributed by atoms with Crippen molar-refractivity contribution in [2.24, 2.45) is 5.41 Å². The van der Waals surface area contributed by atoms with Crippen LogP contribution >= 0.6 is 0 Å². The summed E-state index contributed by atoms with van der Waals surface area (Å²) in [7, 11) is 0. The van der Waals surface area contributed by atoms with Crippen molar-refractivity contribution < 1.29 is 22.8 Å². The largest absolute Gasteiger partial charge is 0.416 e. The Morgan fingerprint density at radius 2 is 1.75 bits per heavy atom. The second-order valence-corrected chi connectivity index (χ2v) is 6.47. The maximum atomic E-state index is 12.7. The number of piperidine rings is 1. The zero-order chi connectivity index (χ0) is 17.4. The monoisotopic (exact) mass is 340 g/mol. The third-order valence-corrected chi connectivity index (χ3v) is 4.69. The van der Waals surface area contributed by atoms with Crippen molar-refractivity contribution in [3.63, 3.8) is 0 Å². The minimum Gasteiger partial charge on any atom is -0.342 e. The number of amides is 2. The number of rotatable bonds is 3. The topological polar surface area (TPSA) is 49.4 Å². The molecule has 1 aromatic carbocycles. The van der Waals surface area contributed by atoms with Gasteiger partial charge < -0.3 is 10.2 Å². The molecule has 4 nitrogen and oxygen atoms in total. The predicted molar refractivity (Wildman–Crippen MR) is 82.2 cm³/mol. The van der Waals surface area contributed by atoms with E-state index in [0.717, 1.165) is 31.4 Å². The van der Waals surface area contributed by atoms with Crippen LogP contribution in [0.4, 0.5) is 18.9 Å². The first-order chi connectivity index (χ1) is 11.3. The van der Waals surface area contributed by atoms with Crippen LogP contribution in [0, 0.1) is 5.41 Å². The van der Waals surface area contributed by atoms with Gasteiger partial charge in [-0.1, -0.05) is 6.07 Å². The van der Waals surface area contributed by atoms with Gasteiger partial charge in [0.15, 0.2) is 0 Å². The number of nitrogens with one attached hydrogen (secondary N) is 1. The number of likely N-dealkylation sites (tertiary alicyclic amines) is 1. The van der Waals surface area contributed by atoms with E-state index in [1.165, 1.54) is 12.1 Å². The first kappa shape index (κ1) is 16.8. The normalized spacial score (nSPS) is 19.7. The number of alkyl halides is 3.